The number of aromatic nitrogens is 2. The summed E-state index contributed by atoms with van der Waals surface area (Å²) in [6.45, 7) is 3.93. The summed E-state index contributed by atoms with van der Waals surface area (Å²) in [5.74, 6) is -0.455. The van der Waals surface area contributed by atoms with Gasteiger partial charge in [-0.1, -0.05) is 38.5 Å². The van der Waals surface area contributed by atoms with Crippen molar-refractivity contribution in [3.63, 3.8) is 0 Å². The number of urea groups is 1. The number of carbonyl (C=O) groups is 1. The van der Waals surface area contributed by atoms with Crippen LogP contribution in [0, 0.1) is 0 Å². The SMILES string of the molecule is CCCCn1c(O)c(/C(CC)=N/NC(=O)Nc2ccccc2)c(=O)[nH]c1=O. The Morgan fingerprint density at radius 1 is 1.22 bits per heavy atom. The highest BCUT2D eigenvalue weighted by atomic mass is 16.3. The van der Waals surface area contributed by atoms with Crippen LogP contribution in [0.4, 0.5) is 10.5 Å². The van der Waals surface area contributed by atoms with E-state index in [0.29, 0.717) is 12.1 Å². The van der Waals surface area contributed by atoms with Crippen molar-refractivity contribution in [2.45, 2.75) is 39.7 Å². The Morgan fingerprint density at radius 3 is 2.56 bits per heavy atom. The number of hydrogen-bond donors (Lipinski definition) is 4. The number of anilines is 1. The predicted molar refractivity (Wildman–Crippen MR) is 103 cm³/mol. The second kappa shape index (κ2) is 9.37. The summed E-state index contributed by atoms with van der Waals surface area (Å²) in [7, 11) is 0. The smallest absolute Gasteiger partial charge is 0.339 e. The van der Waals surface area contributed by atoms with Gasteiger partial charge in [-0.15, -0.1) is 0 Å². The summed E-state index contributed by atoms with van der Waals surface area (Å²) in [6.07, 6.45) is 1.74. The van der Waals surface area contributed by atoms with Crippen molar-refractivity contribution in [1.29, 1.82) is 0 Å². The Bertz CT molecular complexity index is 931. The Kier molecular flexibility index (Phi) is 6.93. The van der Waals surface area contributed by atoms with Crippen molar-refractivity contribution in [1.82, 2.24) is 15.0 Å². The van der Waals surface area contributed by atoms with E-state index in [9.17, 15) is 19.5 Å². The van der Waals surface area contributed by atoms with Crippen molar-refractivity contribution < 1.29 is 9.90 Å². The van der Waals surface area contributed by atoms with Crippen LogP contribution in [0.15, 0.2) is 45.0 Å². The van der Waals surface area contributed by atoms with Gasteiger partial charge in [0.05, 0.1) is 5.71 Å². The minimum atomic E-state index is -0.754. The van der Waals surface area contributed by atoms with E-state index in [2.05, 4.69) is 20.8 Å². The highest BCUT2D eigenvalue weighted by molar-refractivity contribution is 6.02. The molecule has 9 heteroatoms. The number of carbonyl (C=O) groups excluding carboxylic acids is 1. The molecule has 27 heavy (non-hydrogen) atoms. The molecule has 0 aliphatic heterocycles. The summed E-state index contributed by atoms with van der Waals surface area (Å²) < 4.78 is 1.09. The van der Waals surface area contributed by atoms with E-state index in [1.165, 1.54) is 0 Å². The molecule has 144 valence electrons. The van der Waals surface area contributed by atoms with Gasteiger partial charge < -0.3 is 10.4 Å². The van der Waals surface area contributed by atoms with Crippen LogP contribution in [-0.2, 0) is 6.54 Å². The summed E-state index contributed by atoms with van der Waals surface area (Å²) in [6, 6.07) is 8.19. The molecular formula is C18H23N5O4. The van der Waals surface area contributed by atoms with Gasteiger partial charge in [-0.3, -0.25) is 14.3 Å². The molecule has 0 fully saturated rings. The van der Waals surface area contributed by atoms with E-state index in [1.54, 1.807) is 31.2 Å². The van der Waals surface area contributed by atoms with Gasteiger partial charge in [-0.25, -0.2) is 15.0 Å². The minimum Gasteiger partial charge on any atom is -0.494 e. The first-order valence-corrected chi connectivity index (χ1v) is 8.73. The average Bonchev–Trinajstić information content (AvgIpc) is 2.64. The lowest BCUT2D eigenvalue weighted by Crippen LogP contribution is -2.35. The normalized spacial score (nSPS) is 11.3. The number of amides is 2. The molecule has 0 saturated carbocycles. The average molecular weight is 373 g/mol. The van der Waals surface area contributed by atoms with Crippen molar-refractivity contribution in [3.8, 4) is 5.88 Å². The maximum atomic E-state index is 12.2. The fourth-order valence-corrected chi connectivity index (χ4v) is 2.45. The quantitative estimate of drug-likeness (QED) is 0.437. The van der Waals surface area contributed by atoms with E-state index < -0.39 is 23.2 Å². The number of nitrogens with zero attached hydrogens (tertiary/aromatic N) is 2. The third kappa shape index (κ3) is 5.06. The number of benzene rings is 1. The molecule has 2 aromatic rings. The molecule has 0 radical (unpaired) electrons. The van der Waals surface area contributed by atoms with Gasteiger partial charge in [-0.2, -0.15) is 5.10 Å². The van der Waals surface area contributed by atoms with Gasteiger partial charge >= 0.3 is 11.7 Å². The summed E-state index contributed by atoms with van der Waals surface area (Å²) >= 11 is 0. The first kappa shape index (κ1) is 20.0. The maximum absolute atomic E-state index is 12.2. The lowest BCUT2D eigenvalue weighted by atomic mass is 10.1. The predicted octanol–water partition coefficient (Wildman–Crippen LogP) is 1.98. The zero-order chi connectivity index (χ0) is 19.8. The van der Waals surface area contributed by atoms with Crippen LogP contribution < -0.4 is 22.0 Å². The third-order valence-electron chi connectivity index (χ3n) is 3.85. The van der Waals surface area contributed by atoms with E-state index in [4.69, 9.17) is 0 Å². The van der Waals surface area contributed by atoms with E-state index >= 15 is 0 Å². The number of hydrogen-bond acceptors (Lipinski definition) is 5. The summed E-state index contributed by atoms with van der Waals surface area (Å²) in [5, 5.41) is 16.9. The monoisotopic (exact) mass is 373 g/mol. The molecule has 0 unspecified atom stereocenters. The van der Waals surface area contributed by atoms with Gasteiger partial charge in [0.25, 0.3) is 5.56 Å². The van der Waals surface area contributed by atoms with Crippen molar-refractivity contribution in [3.05, 3.63) is 56.7 Å². The molecule has 0 saturated heterocycles. The minimum absolute atomic E-state index is 0.131. The fourth-order valence-electron chi connectivity index (χ4n) is 2.45. The Labute approximate surface area is 155 Å². The number of H-pyrrole nitrogens is 1. The van der Waals surface area contributed by atoms with Gasteiger partial charge in [0.1, 0.15) is 5.56 Å². The molecule has 1 aromatic carbocycles. The third-order valence-corrected chi connectivity index (χ3v) is 3.85. The number of para-hydroxylation sites is 1. The lowest BCUT2D eigenvalue weighted by molar-refractivity contribution is 0.252. The van der Waals surface area contributed by atoms with Crippen molar-refractivity contribution in [2.75, 3.05) is 5.32 Å². The van der Waals surface area contributed by atoms with Crippen LogP contribution in [0.1, 0.15) is 38.7 Å². The lowest BCUT2D eigenvalue weighted by Gasteiger charge is -2.12. The summed E-state index contributed by atoms with van der Waals surface area (Å²) in [5.41, 5.74) is 1.47. The number of unbranched alkanes of at least 4 members (excludes halogenated alkanes) is 1. The highest BCUT2D eigenvalue weighted by Gasteiger charge is 2.18. The number of hydrazone groups is 1. The Morgan fingerprint density at radius 2 is 1.93 bits per heavy atom. The van der Waals surface area contributed by atoms with Crippen LogP contribution in [0.5, 0.6) is 5.88 Å². The van der Waals surface area contributed by atoms with Crippen LogP contribution >= 0.6 is 0 Å². The summed E-state index contributed by atoms with van der Waals surface area (Å²) in [4.78, 5) is 38.3. The molecular weight excluding hydrogens is 350 g/mol. The molecule has 1 heterocycles. The number of aromatic amines is 1. The van der Waals surface area contributed by atoms with E-state index in [1.807, 2.05) is 13.0 Å². The van der Waals surface area contributed by atoms with Crippen LogP contribution in [0.2, 0.25) is 0 Å². The second-order valence-electron chi connectivity index (χ2n) is 5.81. The van der Waals surface area contributed by atoms with Gasteiger partial charge in [0.2, 0.25) is 5.88 Å². The zero-order valence-corrected chi connectivity index (χ0v) is 15.3. The molecule has 0 bridgehead atoms. The molecule has 0 aliphatic carbocycles. The fraction of sp³-hybridized carbons (Fsp3) is 0.333. The number of rotatable bonds is 7. The number of nitrogens with one attached hydrogen (secondary N) is 3. The van der Waals surface area contributed by atoms with Crippen LogP contribution in [0.3, 0.4) is 0 Å². The van der Waals surface area contributed by atoms with E-state index in [0.717, 1.165) is 11.0 Å². The first-order valence-electron chi connectivity index (χ1n) is 8.73. The largest absolute Gasteiger partial charge is 0.494 e. The van der Waals surface area contributed by atoms with Gasteiger partial charge in [0.15, 0.2) is 0 Å². The van der Waals surface area contributed by atoms with Gasteiger partial charge in [-0.05, 0) is 25.0 Å². The van der Waals surface area contributed by atoms with E-state index in [-0.39, 0.29) is 24.2 Å². The molecule has 1 aromatic heterocycles. The molecule has 0 atom stereocenters. The standard InChI is InChI=1S/C18H23N5O4/c1-3-5-11-23-16(25)14(15(24)20-18(23)27)13(4-2)21-22-17(26)19-12-9-7-6-8-10-12/h6-10,25H,3-5,11H2,1-2H3,(H2,19,22,26)(H,20,24,27)/b21-13+. The van der Waals surface area contributed by atoms with Crippen LogP contribution in [0.25, 0.3) is 0 Å². The molecule has 4 N–H and O–H groups in total. The Hall–Kier alpha value is -3.36. The Balaban J connectivity index is 2.28. The number of aromatic hydroxyl groups is 1. The van der Waals surface area contributed by atoms with Crippen molar-refractivity contribution in [2.24, 2.45) is 5.10 Å². The molecule has 2 amide bonds. The first-order chi connectivity index (χ1) is 13.0. The second-order valence-corrected chi connectivity index (χ2v) is 5.81. The maximum Gasteiger partial charge on any atom is 0.339 e. The van der Waals surface area contributed by atoms with Crippen LogP contribution in [-0.4, -0.2) is 26.4 Å². The molecule has 0 aliphatic rings. The zero-order valence-electron chi connectivity index (χ0n) is 15.3. The molecule has 0 spiro atoms. The molecule has 2 rings (SSSR count). The molecule has 9 nitrogen and oxygen atoms in total. The van der Waals surface area contributed by atoms with Crippen molar-refractivity contribution >= 4 is 17.4 Å². The topological polar surface area (TPSA) is 129 Å². The van der Waals surface area contributed by atoms with Gasteiger partial charge in [0, 0.05) is 12.2 Å². The highest BCUT2D eigenvalue weighted by Crippen LogP contribution is 2.14.